The van der Waals surface area contributed by atoms with E-state index in [4.69, 9.17) is 0 Å². The summed E-state index contributed by atoms with van der Waals surface area (Å²) in [6.07, 6.45) is 7.67. The molecule has 0 bridgehead atoms. The van der Waals surface area contributed by atoms with Crippen molar-refractivity contribution >= 4 is 6.03 Å². The van der Waals surface area contributed by atoms with E-state index in [0.717, 1.165) is 31.5 Å². The Kier molecular flexibility index (Phi) is 6.22. The van der Waals surface area contributed by atoms with Crippen LogP contribution >= 0.6 is 0 Å². The number of carbonyl (C=O) groups excluding carboxylic acids is 1. The lowest BCUT2D eigenvalue weighted by Crippen LogP contribution is -2.43. The summed E-state index contributed by atoms with van der Waals surface area (Å²) < 4.78 is 15.2. The fourth-order valence-corrected chi connectivity index (χ4v) is 3.30. The molecule has 1 saturated heterocycles. The zero-order chi connectivity index (χ0) is 18.4. The average molecular weight is 359 g/mol. The Morgan fingerprint density at radius 1 is 1.31 bits per heavy atom. The first-order valence-corrected chi connectivity index (χ1v) is 9.08. The number of benzene rings is 1. The number of urea groups is 1. The van der Waals surface area contributed by atoms with Crippen LogP contribution in [0.4, 0.5) is 9.18 Å². The second kappa shape index (κ2) is 8.80. The van der Waals surface area contributed by atoms with E-state index < -0.39 is 0 Å². The molecule has 1 unspecified atom stereocenters. The molecule has 140 valence electrons. The SMILES string of the molecule is CN(CCn1ccnc1)C(=O)NCC(c1ccc(F)cc1)N1CCCC1. The van der Waals surface area contributed by atoms with E-state index in [9.17, 15) is 9.18 Å². The smallest absolute Gasteiger partial charge is 0.317 e. The van der Waals surface area contributed by atoms with E-state index in [-0.39, 0.29) is 17.9 Å². The van der Waals surface area contributed by atoms with Crippen molar-refractivity contribution in [3.8, 4) is 0 Å². The van der Waals surface area contributed by atoms with Crippen LogP contribution in [0.5, 0.6) is 0 Å². The van der Waals surface area contributed by atoms with Crippen LogP contribution in [0.25, 0.3) is 0 Å². The topological polar surface area (TPSA) is 53.4 Å². The highest BCUT2D eigenvalue weighted by Gasteiger charge is 2.24. The van der Waals surface area contributed by atoms with Crippen LogP contribution in [0.15, 0.2) is 43.0 Å². The molecule has 1 fully saturated rings. The molecule has 1 N–H and O–H groups in total. The second-order valence-electron chi connectivity index (χ2n) is 6.72. The molecule has 2 aromatic rings. The maximum Gasteiger partial charge on any atom is 0.317 e. The van der Waals surface area contributed by atoms with Crippen LogP contribution in [-0.4, -0.2) is 58.6 Å². The largest absolute Gasteiger partial charge is 0.336 e. The molecule has 0 saturated carbocycles. The summed E-state index contributed by atoms with van der Waals surface area (Å²) in [5, 5.41) is 3.03. The molecule has 3 rings (SSSR count). The van der Waals surface area contributed by atoms with Gasteiger partial charge in [-0.3, -0.25) is 4.90 Å². The quantitative estimate of drug-likeness (QED) is 0.826. The third-order valence-electron chi connectivity index (χ3n) is 4.88. The molecule has 0 spiro atoms. The van der Waals surface area contributed by atoms with Crippen LogP contribution in [0.3, 0.4) is 0 Å². The van der Waals surface area contributed by atoms with Gasteiger partial charge in [0.15, 0.2) is 0 Å². The first-order valence-electron chi connectivity index (χ1n) is 9.08. The number of carbonyl (C=O) groups is 1. The van der Waals surface area contributed by atoms with Gasteiger partial charge in [0.25, 0.3) is 0 Å². The minimum Gasteiger partial charge on any atom is -0.336 e. The van der Waals surface area contributed by atoms with E-state index in [1.165, 1.54) is 12.1 Å². The maximum absolute atomic E-state index is 13.3. The number of nitrogens with zero attached hydrogens (tertiary/aromatic N) is 4. The van der Waals surface area contributed by atoms with E-state index >= 15 is 0 Å². The molecule has 1 aromatic carbocycles. The number of imidazole rings is 1. The van der Waals surface area contributed by atoms with Gasteiger partial charge in [-0.2, -0.15) is 0 Å². The Morgan fingerprint density at radius 3 is 2.69 bits per heavy atom. The number of nitrogens with one attached hydrogen (secondary N) is 1. The molecule has 6 nitrogen and oxygen atoms in total. The number of amides is 2. The number of likely N-dealkylation sites (N-methyl/N-ethyl adjacent to an activating group) is 1. The van der Waals surface area contributed by atoms with Crippen LogP contribution in [-0.2, 0) is 6.54 Å². The van der Waals surface area contributed by atoms with E-state index in [1.54, 1.807) is 24.5 Å². The highest BCUT2D eigenvalue weighted by atomic mass is 19.1. The van der Waals surface area contributed by atoms with Gasteiger partial charge in [-0.25, -0.2) is 14.2 Å². The van der Waals surface area contributed by atoms with Crippen molar-refractivity contribution in [3.63, 3.8) is 0 Å². The Labute approximate surface area is 153 Å². The summed E-state index contributed by atoms with van der Waals surface area (Å²) in [5.41, 5.74) is 1.04. The van der Waals surface area contributed by atoms with Crippen molar-refractivity contribution in [3.05, 3.63) is 54.4 Å². The van der Waals surface area contributed by atoms with Gasteiger partial charge in [0.1, 0.15) is 5.82 Å². The van der Waals surface area contributed by atoms with E-state index in [1.807, 2.05) is 22.9 Å². The highest BCUT2D eigenvalue weighted by molar-refractivity contribution is 5.73. The standard InChI is InChI=1S/C19H26FN5O/c1-23(12-13-24-11-8-21-15-24)19(26)22-14-18(25-9-2-3-10-25)16-4-6-17(20)7-5-16/h4-8,11,15,18H,2-3,9-10,12-14H2,1H3,(H,22,26). The van der Waals surface area contributed by atoms with Crippen molar-refractivity contribution in [1.82, 2.24) is 24.7 Å². The van der Waals surface area contributed by atoms with Gasteiger partial charge in [-0.05, 0) is 43.6 Å². The summed E-state index contributed by atoms with van der Waals surface area (Å²) >= 11 is 0. The zero-order valence-corrected chi connectivity index (χ0v) is 15.1. The lowest BCUT2D eigenvalue weighted by Gasteiger charge is -2.29. The number of likely N-dealkylation sites (tertiary alicyclic amines) is 1. The average Bonchev–Trinajstić information content (AvgIpc) is 3.35. The molecular formula is C19H26FN5O. The molecule has 26 heavy (non-hydrogen) atoms. The van der Waals surface area contributed by atoms with Gasteiger partial charge in [-0.1, -0.05) is 12.1 Å². The molecule has 0 aliphatic carbocycles. The molecule has 0 radical (unpaired) electrons. The van der Waals surface area contributed by atoms with Crippen LogP contribution in [0, 0.1) is 5.82 Å². The normalized spacial score (nSPS) is 15.8. The lowest BCUT2D eigenvalue weighted by molar-refractivity contribution is 0.195. The third-order valence-corrected chi connectivity index (χ3v) is 4.88. The van der Waals surface area contributed by atoms with Gasteiger partial charge in [0, 0.05) is 39.1 Å². The van der Waals surface area contributed by atoms with Crippen LogP contribution < -0.4 is 5.32 Å². The highest BCUT2D eigenvalue weighted by Crippen LogP contribution is 2.24. The van der Waals surface area contributed by atoms with Gasteiger partial charge in [0.2, 0.25) is 0 Å². The summed E-state index contributed by atoms with van der Waals surface area (Å²) in [4.78, 5) is 20.5. The second-order valence-corrected chi connectivity index (χ2v) is 6.72. The van der Waals surface area contributed by atoms with Gasteiger partial charge in [0.05, 0.1) is 12.4 Å². The van der Waals surface area contributed by atoms with E-state index in [0.29, 0.717) is 19.6 Å². The lowest BCUT2D eigenvalue weighted by atomic mass is 10.1. The number of aromatic nitrogens is 2. The van der Waals surface area contributed by atoms with Crippen LogP contribution in [0.2, 0.25) is 0 Å². The summed E-state index contributed by atoms with van der Waals surface area (Å²) in [7, 11) is 1.79. The molecule has 2 amide bonds. The van der Waals surface area contributed by atoms with Gasteiger partial charge < -0.3 is 14.8 Å². The fraction of sp³-hybridized carbons (Fsp3) is 0.474. The van der Waals surface area contributed by atoms with Crippen molar-refractivity contribution < 1.29 is 9.18 Å². The minimum absolute atomic E-state index is 0.0732. The molecule has 1 aliphatic heterocycles. The van der Waals surface area contributed by atoms with Crippen LogP contribution in [0.1, 0.15) is 24.4 Å². The number of rotatable bonds is 7. The van der Waals surface area contributed by atoms with Crippen molar-refractivity contribution in [2.75, 3.05) is 33.2 Å². The predicted molar refractivity (Wildman–Crippen MR) is 98.2 cm³/mol. The van der Waals surface area contributed by atoms with Gasteiger partial charge >= 0.3 is 6.03 Å². The molecule has 1 atom stereocenters. The first-order chi connectivity index (χ1) is 12.6. The summed E-state index contributed by atoms with van der Waals surface area (Å²) in [5.74, 6) is -0.239. The number of halogens is 1. The Balaban J connectivity index is 1.56. The van der Waals surface area contributed by atoms with E-state index in [2.05, 4.69) is 15.2 Å². The number of hydrogen-bond acceptors (Lipinski definition) is 3. The predicted octanol–water partition coefficient (Wildman–Crippen LogP) is 2.50. The fourth-order valence-electron chi connectivity index (χ4n) is 3.30. The number of hydrogen-bond donors (Lipinski definition) is 1. The Morgan fingerprint density at radius 2 is 2.04 bits per heavy atom. The van der Waals surface area contributed by atoms with Crippen molar-refractivity contribution in [2.45, 2.75) is 25.4 Å². The summed E-state index contributed by atoms with van der Waals surface area (Å²) in [6.45, 7) is 3.84. The van der Waals surface area contributed by atoms with Crippen molar-refractivity contribution in [2.24, 2.45) is 0 Å². The zero-order valence-electron chi connectivity index (χ0n) is 15.1. The maximum atomic E-state index is 13.3. The monoisotopic (exact) mass is 359 g/mol. The molecule has 7 heteroatoms. The molecule has 1 aliphatic rings. The third kappa shape index (κ3) is 4.82. The van der Waals surface area contributed by atoms with Gasteiger partial charge in [-0.15, -0.1) is 0 Å². The minimum atomic E-state index is -0.239. The molecular weight excluding hydrogens is 333 g/mol. The first kappa shape index (κ1) is 18.4. The Bertz CT molecular complexity index is 682. The summed E-state index contributed by atoms with van der Waals surface area (Å²) in [6, 6.07) is 6.57. The molecule has 2 heterocycles. The molecule has 1 aromatic heterocycles. The Hall–Kier alpha value is -2.41. The van der Waals surface area contributed by atoms with Crippen molar-refractivity contribution in [1.29, 1.82) is 0 Å².